The topological polar surface area (TPSA) is 49.4 Å². The van der Waals surface area contributed by atoms with Gasteiger partial charge >= 0.3 is 0 Å². The van der Waals surface area contributed by atoms with Gasteiger partial charge in [0.15, 0.2) is 0 Å². The van der Waals surface area contributed by atoms with Crippen molar-refractivity contribution in [3.63, 3.8) is 0 Å². The van der Waals surface area contributed by atoms with Crippen molar-refractivity contribution in [3.05, 3.63) is 82.3 Å². The van der Waals surface area contributed by atoms with Crippen molar-refractivity contribution in [2.45, 2.75) is 32.4 Å². The molecule has 0 aromatic heterocycles. The summed E-state index contributed by atoms with van der Waals surface area (Å²) in [5.41, 5.74) is 2.13. The molecule has 1 atom stereocenters. The highest BCUT2D eigenvalue weighted by atomic mass is 79.9. The summed E-state index contributed by atoms with van der Waals surface area (Å²) in [4.78, 5) is 27.0. The third-order valence-electron chi connectivity index (χ3n) is 5.17. The first-order valence-corrected chi connectivity index (χ1v) is 10.5. The second kappa shape index (κ2) is 9.70. The minimum absolute atomic E-state index is 0.0306. The van der Waals surface area contributed by atoms with Crippen LogP contribution in [-0.2, 0) is 22.6 Å². The molecule has 0 aliphatic rings. The zero-order valence-corrected chi connectivity index (χ0v) is 18.3. The zero-order valence-electron chi connectivity index (χ0n) is 16.7. The summed E-state index contributed by atoms with van der Waals surface area (Å²) in [6, 6.07) is 21.6. The van der Waals surface area contributed by atoms with Crippen molar-refractivity contribution in [2.75, 3.05) is 7.05 Å². The van der Waals surface area contributed by atoms with Gasteiger partial charge in [-0.25, -0.2) is 0 Å². The number of hydrogen-bond acceptors (Lipinski definition) is 2. The molecule has 3 rings (SSSR count). The van der Waals surface area contributed by atoms with Gasteiger partial charge < -0.3 is 10.2 Å². The lowest BCUT2D eigenvalue weighted by molar-refractivity contribution is -0.140. The predicted octanol–water partition coefficient (Wildman–Crippen LogP) is 4.70. The maximum atomic E-state index is 13.1. The molecule has 0 saturated heterocycles. The van der Waals surface area contributed by atoms with Crippen molar-refractivity contribution in [1.29, 1.82) is 0 Å². The maximum Gasteiger partial charge on any atom is 0.242 e. The van der Waals surface area contributed by atoms with Crippen LogP contribution in [0.15, 0.2) is 71.2 Å². The number of nitrogens with one attached hydrogen (secondary N) is 1. The molecule has 0 fully saturated rings. The van der Waals surface area contributed by atoms with E-state index < -0.39 is 6.04 Å². The highest BCUT2D eigenvalue weighted by Gasteiger charge is 2.25. The molecule has 3 aromatic rings. The highest BCUT2D eigenvalue weighted by molar-refractivity contribution is 9.10. The molecular formula is C24H25BrN2O2. The zero-order chi connectivity index (χ0) is 20.8. The Bertz CT molecular complexity index is 996. The lowest BCUT2D eigenvalue weighted by Crippen LogP contribution is -2.46. The third-order valence-corrected chi connectivity index (χ3v) is 5.70. The van der Waals surface area contributed by atoms with Gasteiger partial charge in [0.2, 0.25) is 11.8 Å². The summed E-state index contributed by atoms with van der Waals surface area (Å²) in [7, 11) is 1.59. The molecule has 0 aliphatic carbocycles. The summed E-state index contributed by atoms with van der Waals surface area (Å²) < 4.78 is 0.981. The number of nitrogens with zero attached hydrogens (tertiary/aromatic N) is 1. The maximum absolute atomic E-state index is 13.1. The van der Waals surface area contributed by atoms with Gasteiger partial charge in [0.25, 0.3) is 0 Å². The molecule has 150 valence electrons. The number of amides is 2. The fourth-order valence-electron chi connectivity index (χ4n) is 3.47. The van der Waals surface area contributed by atoms with E-state index in [0.717, 1.165) is 15.6 Å². The molecule has 5 heteroatoms. The van der Waals surface area contributed by atoms with E-state index in [1.807, 2.05) is 42.5 Å². The van der Waals surface area contributed by atoms with E-state index in [1.165, 1.54) is 10.8 Å². The van der Waals surface area contributed by atoms with Crippen LogP contribution in [0.4, 0.5) is 0 Å². The van der Waals surface area contributed by atoms with Gasteiger partial charge in [-0.3, -0.25) is 9.59 Å². The Labute approximate surface area is 180 Å². The molecule has 0 saturated carbocycles. The molecule has 29 heavy (non-hydrogen) atoms. The minimum Gasteiger partial charge on any atom is -0.357 e. The predicted molar refractivity (Wildman–Crippen MR) is 120 cm³/mol. The number of rotatable bonds is 7. The van der Waals surface area contributed by atoms with Crippen LogP contribution in [0.3, 0.4) is 0 Å². The van der Waals surface area contributed by atoms with Crippen LogP contribution >= 0.6 is 15.9 Å². The molecule has 0 radical (unpaired) electrons. The van der Waals surface area contributed by atoms with Crippen LogP contribution in [0.1, 0.15) is 24.5 Å². The molecule has 0 bridgehead atoms. The molecule has 3 aromatic carbocycles. The van der Waals surface area contributed by atoms with Crippen molar-refractivity contribution < 1.29 is 9.59 Å². The number of aryl methyl sites for hydroxylation is 1. The van der Waals surface area contributed by atoms with Gasteiger partial charge in [-0.2, -0.15) is 0 Å². The normalized spacial score (nSPS) is 11.8. The van der Waals surface area contributed by atoms with E-state index >= 15 is 0 Å². The van der Waals surface area contributed by atoms with Crippen LogP contribution in [-0.4, -0.2) is 29.8 Å². The van der Waals surface area contributed by atoms with Gasteiger partial charge in [0, 0.05) is 24.5 Å². The first-order valence-electron chi connectivity index (χ1n) is 9.71. The SMILES string of the molecule is CNC(=O)[C@@H](C)N(Cc1ccc(Br)cc1)C(=O)CCc1cccc2ccccc12. The van der Waals surface area contributed by atoms with E-state index in [2.05, 4.69) is 45.5 Å². The van der Waals surface area contributed by atoms with E-state index in [4.69, 9.17) is 0 Å². The average Bonchev–Trinajstić information content (AvgIpc) is 2.76. The number of hydrogen-bond donors (Lipinski definition) is 1. The van der Waals surface area contributed by atoms with Crippen LogP contribution in [0.2, 0.25) is 0 Å². The Morgan fingerprint density at radius 1 is 1.00 bits per heavy atom. The molecule has 0 unspecified atom stereocenters. The lowest BCUT2D eigenvalue weighted by atomic mass is 10.0. The second-order valence-corrected chi connectivity index (χ2v) is 7.99. The first kappa shape index (κ1) is 21.1. The number of carbonyl (C=O) groups excluding carboxylic acids is 2. The second-order valence-electron chi connectivity index (χ2n) is 7.08. The van der Waals surface area contributed by atoms with Crippen molar-refractivity contribution in [3.8, 4) is 0 Å². The van der Waals surface area contributed by atoms with Crippen molar-refractivity contribution >= 4 is 38.5 Å². The number of fused-ring (bicyclic) bond motifs is 1. The minimum atomic E-state index is -0.538. The molecule has 1 N–H and O–H groups in total. The van der Waals surface area contributed by atoms with E-state index in [-0.39, 0.29) is 11.8 Å². The largest absolute Gasteiger partial charge is 0.357 e. The van der Waals surface area contributed by atoms with Crippen LogP contribution in [0.5, 0.6) is 0 Å². The number of likely N-dealkylation sites (N-methyl/N-ethyl adjacent to an activating group) is 1. The van der Waals surface area contributed by atoms with Gasteiger partial charge in [-0.05, 0) is 47.4 Å². The monoisotopic (exact) mass is 452 g/mol. The molecule has 0 heterocycles. The molecule has 0 spiro atoms. The fraction of sp³-hybridized carbons (Fsp3) is 0.250. The first-order chi connectivity index (χ1) is 14.0. The number of benzene rings is 3. The number of halogens is 1. The van der Waals surface area contributed by atoms with Crippen molar-refractivity contribution in [2.24, 2.45) is 0 Å². The lowest BCUT2D eigenvalue weighted by Gasteiger charge is -2.28. The Hall–Kier alpha value is -2.66. The Morgan fingerprint density at radius 2 is 1.69 bits per heavy atom. The van der Waals surface area contributed by atoms with Gasteiger partial charge in [-0.15, -0.1) is 0 Å². The number of carbonyl (C=O) groups is 2. The average molecular weight is 453 g/mol. The van der Waals surface area contributed by atoms with Crippen molar-refractivity contribution in [1.82, 2.24) is 10.2 Å². The molecule has 2 amide bonds. The molecule has 4 nitrogen and oxygen atoms in total. The standard InChI is InChI=1S/C24H25BrN2O2/c1-17(24(29)26-2)27(16-18-10-13-21(25)14-11-18)23(28)15-12-20-8-5-7-19-6-3-4-9-22(19)20/h3-11,13-14,17H,12,15-16H2,1-2H3,(H,26,29)/t17-/m1/s1. The Morgan fingerprint density at radius 3 is 2.41 bits per heavy atom. The summed E-state index contributed by atoms with van der Waals surface area (Å²) >= 11 is 3.43. The van der Waals surface area contributed by atoms with Gasteiger partial charge in [0.05, 0.1) is 0 Å². The quantitative estimate of drug-likeness (QED) is 0.564. The van der Waals surface area contributed by atoms with E-state index in [9.17, 15) is 9.59 Å². The summed E-state index contributed by atoms with van der Waals surface area (Å²) in [5.74, 6) is -0.197. The highest BCUT2D eigenvalue weighted by Crippen LogP contribution is 2.21. The summed E-state index contributed by atoms with van der Waals surface area (Å²) in [5, 5.41) is 4.99. The molecular weight excluding hydrogens is 428 g/mol. The Kier molecular flexibility index (Phi) is 7.04. The van der Waals surface area contributed by atoms with E-state index in [0.29, 0.717) is 19.4 Å². The van der Waals surface area contributed by atoms with Gasteiger partial charge in [0.1, 0.15) is 6.04 Å². The summed E-state index contributed by atoms with van der Waals surface area (Å²) in [6.45, 7) is 2.17. The summed E-state index contributed by atoms with van der Waals surface area (Å²) in [6.07, 6.45) is 0.989. The fourth-order valence-corrected chi connectivity index (χ4v) is 3.74. The third kappa shape index (κ3) is 5.24. The van der Waals surface area contributed by atoms with Crippen LogP contribution in [0, 0.1) is 0 Å². The van der Waals surface area contributed by atoms with Gasteiger partial charge in [-0.1, -0.05) is 70.5 Å². The van der Waals surface area contributed by atoms with Crippen LogP contribution in [0.25, 0.3) is 10.8 Å². The Balaban J connectivity index is 1.78. The van der Waals surface area contributed by atoms with Crippen LogP contribution < -0.4 is 5.32 Å². The molecule has 0 aliphatic heterocycles. The van der Waals surface area contributed by atoms with E-state index in [1.54, 1.807) is 18.9 Å². The smallest absolute Gasteiger partial charge is 0.242 e.